The van der Waals surface area contributed by atoms with Gasteiger partial charge in [-0.3, -0.25) is 24.6 Å². The summed E-state index contributed by atoms with van der Waals surface area (Å²) in [5.74, 6) is 0.0829. The molecule has 4 heterocycles. The van der Waals surface area contributed by atoms with Crippen molar-refractivity contribution in [2.24, 2.45) is 13.0 Å². The number of amides is 2. The first-order valence-electron chi connectivity index (χ1n) is 18.5. The van der Waals surface area contributed by atoms with Crippen LogP contribution in [-0.4, -0.2) is 72.1 Å². The van der Waals surface area contributed by atoms with E-state index in [0.29, 0.717) is 46.8 Å². The van der Waals surface area contributed by atoms with E-state index in [1.165, 1.54) is 10.6 Å². The lowest BCUT2D eigenvalue weighted by Crippen LogP contribution is -2.47. The smallest absolute Gasteiger partial charge is 0.258 e. The zero-order chi connectivity index (χ0) is 36.4. The number of aromatic nitrogens is 1. The standard InChI is InChI=1S/C41H47F2N5O4/c1-46-24-33(31-5-3-4-6-32(31)41(46)51)28-21-35(42)34(38(22-28)52-2)25-48-17-12-26(13-18-48)11-16-47-19-14-27(15-20-47)30-8-7-29(23-36(30)43)44-37-9-10-39(49)45-40(37)50/h3-8,21-24,26-27,37,44H,9-20,25H2,1-2H3,(H,45,49,50). The summed E-state index contributed by atoms with van der Waals surface area (Å²) in [6.07, 6.45) is 7.48. The first-order chi connectivity index (χ1) is 25.2. The van der Waals surface area contributed by atoms with Crippen LogP contribution in [0, 0.1) is 17.6 Å². The van der Waals surface area contributed by atoms with Crippen LogP contribution in [-0.2, 0) is 23.2 Å². The average Bonchev–Trinajstić information content (AvgIpc) is 3.15. The highest BCUT2D eigenvalue weighted by atomic mass is 19.1. The van der Waals surface area contributed by atoms with Crippen molar-refractivity contribution in [2.45, 2.75) is 63.5 Å². The Morgan fingerprint density at radius 3 is 2.31 bits per heavy atom. The number of fused-ring (bicyclic) bond motifs is 1. The molecule has 2 amide bonds. The third-order valence-corrected chi connectivity index (χ3v) is 11.3. The maximum absolute atomic E-state index is 15.8. The molecule has 0 spiro atoms. The molecule has 52 heavy (non-hydrogen) atoms. The number of imide groups is 1. The summed E-state index contributed by atoms with van der Waals surface area (Å²) in [6.45, 7) is 5.17. The Hall–Kier alpha value is -4.61. The van der Waals surface area contributed by atoms with Gasteiger partial charge in [-0.25, -0.2) is 8.78 Å². The maximum atomic E-state index is 15.8. The molecule has 0 saturated carbocycles. The predicted octanol–water partition coefficient (Wildman–Crippen LogP) is 6.19. The fourth-order valence-corrected chi connectivity index (χ4v) is 8.22. The molecule has 0 bridgehead atoms. The average molecular weight is 712 g/mol. The number of piperidine rings is 3. The van der Waals surface area contributed by atoms with Crippen LogP contribution in [0.4, 0.5) is 14.5 Å². The summed E-state index contributed by atoms with van der Waals surface area (Å²) in [5, 5.41) is 6.78. The van der Waals surface area contributed by atoms with E-state index in [9.17, 15) is 14.4 Å². The summed E-state index contributed by atoms with van der Waals surface area (Å²) >= 11 is 0. The largest absolute Gasteiger partial charge is 0.496 e. The van der Waals surface area contributed by atoms with Gasteiger partial charge in [-0.15, -0.1) is 0 Å². The molecule has 1 aromatic heterocycles. The van der Waals surface area contributed by atoms with Crippen LogP contribution in [0.1, 0.15) is 62.0 Å². The molecular formula is C41H47F2N5O4. The number of carbonyl (C=O) groups excluding carboxylic acids is 2. The van der Waals surface area contributed by atoms with Gasteiger partial charge in [0.05, 0.1) is 7.11 Å². The molecule has 3 aliphatic heterocycles. The molecule has 7 rings (SSSR count). The van der Waals surface area contributed by atoms with Crippen LogP contribution < -0.4 is 20.9 Å². The molecule has 0 radical (unpaired) electrons. The molecule has 3 aromatic carbocycles. The fraction of sp³-hybridized carbons (Fsp3) is 0.439. The number of hydrogen-bond acceptors (Lipinski definition) is 7. The molecule has 1 unspecified atom stereocenters. The summed E-state index contributed by atoms with van der Waals surface area (Å²) in [6, 6.07) is 15.5. The Morgan fingerprint density at radius 1 is 0.865 bits per heavy atom. The molecule has 3 saturated heterocycles. The van der Waals surface area contributed by atoms with Crippen molar-refractivity contribution >= 4 is 28.3 Å². The van der Waals surface area contributed by atoms with Gasteiger partial charge in [0, 0.05) is 48.4 Å². The molecule has 3 fully saturated rings. The molecular weight excluding hydrogens is 664 g/mol. The van der Waals surface area contributed by atoms with Gasteiger partial charge in [-0.2, -0.15) is 0 Å². The Balaban J connectivity index is 0.883. The number of rotatable bonds is 10. The molecule has 2 N–H and O–H groups in total. The molecule has 0 aliphatic carbocycles. The molecule has 3 aliphatic rings. The monoisotopic (exact) mass is 711 g/mol. The highest BCUT2D eigenvalue weighted by molar-refractivity contribution is 6.01. The van der Waals surface area contributed by atoms with Crippen LogP contribution in [0.25, 0.3) is 21.9 Å². The maximum Gasteiger partial charge on any atom is 0.258 e. The van der Waals surface area contributed by atoms with Crippen molar-refractivity contribution in [3.8, 4) is 16.9 Å². The van der Waals surface area contributed by atoms with E-state index in [1.807, 2.05) is 36.4 Å². The number of hydrogen-bond donors (Lipinski definition) is 2. The van der Waals surface area contributed by atoms with Gasteiger partial charge in [-0.1, -0.05) is 24.3 Å². The van der Waals surface area contributed by atoms with Gasteiger partial charge in [-0.05, 0) is 130 Å². The van der Waals surface area contributed by atoms with Crippen molar-refractivity contribution in [1.82, 2.24) is 19.7 Å². The van der Waals surface area contributed by atoms with Gasteiger partial charge < -0.3 is 19.5 Å². The van der Waals surface area contributed by atoms with Crippen molar-refractivity contribution in [3.63, 3.8) is 0 Å². The van der Waals surface area contributed by atoms with E-state index in [0.717, 1.165) is 81.3 Å². The zero-order valence-electron chi connectivity index (χ0n) is 29.9. The molecule has 11 heteroatoms. The number of methoxy groups -OCH3 is 1. The first-order valence-corrected chi connectivity index (χ1v) is 18.5. The van der Waals surface area contributed by atoms with E-state index in [2.05, 4.69) is 20.4 Å². The number of carbonyl (C=O) groups is 2. The van der Waals surface area contributed by atoms with E-state index in [4.69, 9.17) is 4.74 Å². The minimum Gasteiger partial charge on any atom is -0.496 e. The highest BCUT2D eigenvalue weighted by Crippen LogP contribution is 2.35. The predicted molar refractivity (Wildman–Crippen MR) is 198 cm³/mol. The number of likely N-dealkylation sites (tertiary alicyclic amines) is 2. The summed E-state index contributed by atoms with van der Waals surface area (Å²) < 4.78 is 38.2. The normalized spacial score (nSPS) is 19.6. The number of anilines is 1. The minimum atomic E-state index is -0.537. The lowest BCUT2D eigenvalue weighted by atomic mass is 9.88. The van der Waals surface area contributed by atoms with E-state index < -0.39 is 6.04 Å². The molecule has 1 atom stereocenters. The Morgan fingerprint density at radius 2 is 1.60 bits per heavy atom. The highest BCUT2D eigenvalue weighted by Gasteiger charge is 2.28. The number of halogens is 2. The van der Waals surface area contributed by atoms with E-state index in [-0.39, 0.29) is 41.3 Å². The number of nitrogens with one attached hydrogen (secondary N) is 2. The molecule has 4 aromatic rings. The van der Waals surface area contributed by atoms with Crippen molar-refractivity contribution in [3.05, 3.63) is 93.9 Å². The second kappa shape index (κ2) is 15.6. The summed E-state index contributed by atoms with van der Waals surface area (Å²) in [5.41, 5.74) is 3.20. The number of benzene rings is 3. The summed E-state index contributed by atoms with van der Waals surface area (Å²) in [7, 11) is 3.29. The fourth-order valence-electron chi connectivity index (χ4n) is 8.22. The Kier molecular flexibility index (Phi) is 10.7. The van der Waals surface area contributed by atoms with E-state index in [1.54, 1.807) is 32.5 Å². The zero-order valence-corrected chi connectivity index (χ0v) is 29.9. The van der Waals surface area contributed by atoms with Gasteiger partial charge in [0.15, 0.2) is 0 Å². The van der Waals surface area contributed by atoms with Gasteiger partial charge in [0.1, 0.15) is 23.4 Å². The minimum absolute atomic E-state index is 0.0876. The second-order valence-electron chi connectivity index (χ2n) is 14.7. The Bertz CT molecular complexity index is 2020. The van der Waals surface area contributed by atoms with Gasteiger partial charge in [0.2, 0.25) is 11.8 Å². The number of nitrogens with zero attached hydrogens (tertiary/aromatic N) is 3. The van der Waals surface area contributed by atoms with Crippen LogP contribution in [0.2, 0.25) is 0 Å². The summed E-state index contributed by atoms with van der Waals surface area (Å²) in [4.78, 5) is 41.0. The van der Waals surface area contributed by atoms with Crippen molar-refractivity contribution in [2.75, 3.05) is 45.2 Å². The van der Waals surface area contributed by atoms with Crippen molar-refractivity contribution in [1.29, 1.82) is 0 Å². The van der Waals surface area contributed by atoms with Crippen LogP contribution in [0.15, 0.2) is 65.6 Å². The number of aryl methyl sites for hydroxylation is 1. The third-order valence-electron chi connectivity index (χ3n) is 11.3. The number of pyridine rings is 1. The molecule has 9 nitrogen and oxygen atoms in total. The SMILES string of the molecule is COc1cc(-c2cn(C)c(=O)c3ccccc23)cc(F)c1CN1CCC(CCN2CCC(c3ccc(NC4CCC(=O)NC4=O)cc3F)CC2)CC1. The first kappa shape index (κ1) is 35.8. The lowest BCUT2D eigenvalue weighted by molar-refractivity contribution is -0.133. The van der Waals surface area contributed by atoms with Crippen LogP contribution in [0.3, 0.4) is 0 Å². The van der Waals surface area contributed by atoms with Crippen LogP contribution >= 0.6 is 0 Å². The third kappa shape index (κ3) is 7.76. The lowest BCUT2D eigenvalue weighted by Gasteiger charge is -2.35. The molecule has 274 valence electrons. The van der Waals surface area contributed by atoms with Gasteiger partial charge in [0.25, 0.3) is 5.56 Å². The number of ether oxygens (including phenoxy) is 1. The second-order valence-corrected chi connectivity index (χ2v) is 14.7. The Labute approximate surface area is 302 Å². The van der Waals surface area contributed by atoms with Gasteiger partial charge >= 0.3 is 0 Å². The topological polar surface area (TPSA) is 95.9 Å². The quantitative estimate of drug-likeness (QED) is 0.190. The van der Waals surface area contributed by atoms with E-state index >= 15 is 8.78 Å². The van der Waals surface area contributed by atoms with Crippen LogP contribution in [0.5, 0.6) is 5.75 Å². The van der Waals surface area contributed by atoms with Crippen molar-refractivity contribution < 1.29 is 23.1 Å².